The van der Waals surface area contributed by atoms with Gasteiger partial charge in [-0.05, 0) is 78.5 Å². The second kappa shape index (κ2) is 7.75. The average Bonchev–Trinajstić information content (AvgIpc) is 3.42. The van der Waals surface area contributed by atoms with Crippen LogP contribution in [-0.2, 0) is 16.8 Å². The molecule has 0 aliphatic carbocycles. The Morgan fingerprint density at radius 3 is 2.69 bits per heavy atom. The molecule has 1 fully saturated rings. The third kappa shape index (κ3) is 3.25. The predicted molar refractivity (Wildman–Crippen MR) is 138 cm³/mol. The fourth-order valence-corrected chi connectivity index (χ4v) is 5.73. The van der Waals surface area contributed by atoms with Gasteiger partial charge in [-0.1, -0.05) is 36.4 Å². The normalized spacial score (nSPS) is 16.6. The molecule has 172 valence electrons. The summed E-state index contributed by atoms with van der Waals surface area (Å²) in [7, 11) is 0. The Kier molecular flexibility index (Phi) is 4.51. The SMILES string of the molecule is O=C1Nc2cc(-c3ccc4cnn(Cc5ccc6ncccc6c5)c4c3)ccc2C12CCNCC2. The molecule has 0 unspecified atom stereocenters. The molecule has 0 radical (unpaired) electrons. The number of amides is 1. The molecule has 2 N–H and O–H groups in total. The lowest BCUT2D eigenvalue weighted by atomic mass is 9.74. The van der Waals surface area contributed by atoms with Crippen molar-refractivity contribution < 1.29 is 4.79 Å². The number of nitrogens with one attached hydrogen (secondary N) is 2. The highest BCUT2D eigenvalue weighted by atomic mass is 16.2. The van der Waals surface area contributed by atoms with E-state index in [-0.39, 0.29) is 11.3 Å². The highest BCUT2D eigenvalue weighted by Crippen LogP contribution is 2.45. The van der Waals surface area contributed by atoms with Gasteiger partial charge in [0, 0.05) is 22.7 Å². The first-order valence-electron chi connectivity index (χ1n) is 12.2. The summed E-state index contributed by atoms with van der Waals surface area (Å²) in [5.74, 6) is 0.144. The maximum absolute atomic E-state index is 12.9. The van der Waals surface area contributed by atoms with Crippen molar-refractivity contribution in [3.8, 4) is 11.1 Å². The summed E-state index contributed by atoms with van der Waals surface area (Å²) >= 11 is 0. The third-order valence-electron chi connectivity index (χ3n) is 7.65. The summed E-state index contributed by atoms with van der Waals surface area (Å²) in [6.45, 7) is 2.45. The average molecular weight is 460 g/mol. The Balaban J connectivity index is 1.24. The first-order chi connectivity index (χ1) is 17.2. The molecular formula is C29H25N5O. The Morgan fingerprint density at radius 2 is 1.77 bits per heavy atom. The maximum atomic E-state index is 12.9. The van der Waals surface area contributed by atoms with Crippen molar-refractivity contribution in [3.05, 3.63) is 90.3 Å². The van der Waals surface area contributed by atoms with Gasteiger partial charge in [-0.3, -0.25) is 14.5 Å². The zero-order valence-corrected chi connectivity index (χ0v) is 19.3. The zero-order chi connectivity index (χ0) is 23.4. The van der Waals surface area contributed by atoms with Gasteiger partial charge in [0.05, 0.1) is 29.2 Å². The number of rotatable bonds is 3. The van der Waals surface area contributed by atoms with Gasteiger partial charge in [0.15, 0.2) is 0 Å². The number of anilines is 1. The number of carbonyl (C=O) groups is 1. The first-order valence-corrected chi connectivity index (χ1v) is 12.2. The van der Waals surface area contributed by atoms with Crippen molar-refractivity contribution in [2.45, 2.75) is 24.8 Å². The van der Waals surface area contributed by atoms with Gasteiger partial charge in [-0.2, -0.15) is 5.10 Å². The summed E-state index contributed by atoms with van der Waals surface area (Å²) in [6, 6.07) is 23.3. The number of hydrogen-bond donors (Lipinski definition) is 2. The van der Waals surface area contributed by atoms with Crippen molar-refractivity contribution in [1.82, 2.24) is 20.1 Å². The van der Waals surface area contributed by atoms with Crippen LogP contribution in [0.25, 0.3) is 32.9 Å². The first kappa shape index (κ1) is 20.4. The molecule has 3 aromatic carbocycles. The van der Waals surface area contributed by atoms with Crippen molar-refractivity contribution in [2.75, 3.05) is 18.4 Å². The Hall–Kier alpha value is -4.03. The van der Waals surface area contributed by atoms with Crippen LogP contribution in [0.3, 0.4) is 0 Å². The van der Waals surface area contributed by atoms with E-state index < -0.39 is 0 Å². The largest absolute Gasteiger partial charge is 0.325 e. The van der Waals surface area contributed by atoms with Crippen LogP contribution in [-0.4, -0.2) is 33.8 Å². The molecule has 4 heterocycles. The lowest BCUT2D eigenvalue weighted by Crippen LogP contribution is -2.44. The van der Waals surface area contributed by atoms with Gasteiger partial charge in [-0.25, -0.2) is 0 Å². The lowest BCUT2D eigenvalue weighted by molar-refractivity contribution is -0.121. The minimum atomic E-state index is -0.378. The van der Waals surface area contributed by atoms with E-state index in [4.69, 9.17) is 0 Å². The molecule has 2 aliphatic heterocycles. The van der Waals surface area contributed by atoms with E-state index in [9.17, 15) is 4.79 Å². The number of piperidine rings is 1. The van der Waals surface area contributed by atoms with Gasteiger partial charge < -0.3 is 10.6 Å². The summed E-state index contributed by atoms with van der Waals surface area (Å²) in [5, 5.41) is 13.5. The highest BCUT2D eigenvalue weighted by molar-refractivity contribution is 6.07. The van der Waals surface area contributed by atoms with Crippen LogP contribution in [0.2, 0.25) is 0 Å². The van der Waals surface area contributed by atoms with Gasteiger partial charge in [0.2, 0.25) is 5.91 Å². The standard InChI is InChI=1S/C29H25N5O/c35-28-29(9-12-30-13-10-29)24-7-6-20(15-26(24)33-28)21-4-5-23-17-32-34(27(23)16-21)18-19-3-8-25-22(14-19)2-1-11-31-25/h1-8,11,14-17,30H,9-10,12-13,18H2,(H,33,35). The van der Waals surface area contributed by atoms with Crippen LogP contribution >= 0.6 is 0 Å². The fraction of sp³-hybridized carbons (Fsp3) is 0.207. The van der Waals surface area contributed by atoms with Crippen molar-refractivity contribution in [2.24, 2.45) is 0 Å². The smallest absolute Gasteiger partial charge is 0.235 e. The zero-order valence-electron chi connectivity index (χ0n) is 19.3. The van der Waals surface area contributed by atoms with Crippen molar-refractivity contribution >= 4 is 33.4 Å². The van der Waals surface area contributed by atoms with Crippen LogP contribution in [0.5, 0.6) is 0 Å². The van der Waals surface area contributed by atoms with Crippen LogP contribution in [0.15, 0.2) is 79.1 Å². The van der Waals surface area contributed by atoms with E-state index in [0.29, 0.717) is 6.54 Å². The number of aromatic nitrogens is 3. The lowest BCUT2D eigenvalue weighted by Gasteiger charge is -2.32. The quantitative estimate of drug-likeness (QED) is 0.404. The Bertz CT molecular complexity index is 1610. The summed E-state index contributed by atoms with van der Waals surface area (Å²) < 4.78 is 2.05. The van der Waals surface area contributed by atoms with Gasteiger partial charge in [0.25, 0.3) is 0 Å². The molecule has 0 atom stereocenters. The monoisotopic (exact) mass is 459 g/mol. The number of fused-ring (bicyclic) bond motifs is 4. The second-order valence-corrected chi connectivity index (χ2v) is 9.65. The summed E-state index contributed by atoms with van der Waals surface area (Å²) in [5.41, 5.74) is 7.21. The molecule has 1 saturated heterocycles. The molecule has 6 heteroatoms. The molecule has 6 nitrogen and oxygen atoms in total. The van der Waals surface area contributed by atoms with Gasteiger partial charge >= 0.3 is 0 Å². The molecule has 2 aliphatic rings. The number of hydrogen-bond acceptors (Lipinski definition) is 4. The van der Waals surface area contributed by atoms with Crippen LogP contribution in [0.4, 0.5) is 5.69 Å². The number of nitrogens with zero attached hydrogens (tertiary/aromatic N) is 3. The van der Waals surface area contributed by atoms with Crippen LogP contribution < -0.4 is 10.6 Å². The van der Waals surface area contributed by atoms with Crippen molar-refractivity contribution in [3.63, 3.8) is 0 Å². The van der Waals surface area contributed by atoms with E-state index in [1.54, 1.807) is 0 Å². The molecule has 2 aromatic heterocycles. The third-order valence-corrected chi connectivity index (χ3v) is 7.65. The van der Waals surface area contributed by atoms with Gasteiger partial charge in [-0.15, -0.1) is 0 Å². The minimum Gasteiger partial charge on any atom is -0.325 e. The molecule has 1 amide bonds. The molecule has 1 spiro atoms. The van der Waals surface area contributed by atoms with Crippen LogP contribution in [0, 0.1) is 0 Å². The van der Waals surface area contributed by atoms with E-state index in [1.807, 2.05) is 18.5 Å². The minimum absolute atomic E-state index is 0.144. The summed E-state index contributed by atoms with van der Waals surface area (Å²) in [6.07, 6.45) is 5.44. The maximum Gasteiger partial charge on any atom is 0.235 e. The molecule has 7 rings (SSSR count). The van der Waals surface area contributed by atoms with E-state index in [1.165, 1.54) is 5.56 Å². The number of carbonyl (C=O) groups excluding carboxylic acids is 1. The van der Waals surface area contributed by atoms with Crippen molar-refractivity contribution in [1.29, 1.82) is 0 Å². The summed E-state index contributed by atoms with van der Waals surface area (Å²) in [4.78, 5) is 17.4. The Labute approximate surface area is 203 Å². The van der Waals surface area contributed by atoms with Crippen LogP contribution in [0.1, 0.15) is 24.0 Å². The number of benzene rings is 3. The topological polar surface area (TPSA) is 71.8 Å². The number of pyridine rings is 1. The second-order valence-electron chi connectivity index (χ2n) is 9.65. The highest BCUT2D eigenvalue weighted by Gasteiger charge is 2.47. The van der Waals surface area contributed by atoms with Gasteiger partial charge in [0.1, 0.15) is 0 Å². The molecule has 5 aromatic rings. The molecule has 0 bridgehead atoms. The molecule has 35 heavy (non-hydrogen) atoms. The Morgan fingerprint density at radius 1 is 0.914 bits per heavy atom. The molecule has 0 saturated carbocycles. The van der Waals surface area contributed by atoms with E-state index in [0.717, 1.165) is 70.1 Å². The fourth-order valence-electron chi connectivity index (χ4n) is 5.73. The van der Waals surface area contributed by atoms with E-state index >= 15 is 0 Å². The molecular weight excluding hydrogens is 434 g/mol. The van der Waals surface area contributed by atoms with E-state index in [2.05, 4.69) is 86.1 Å². The predicted octanol–water partition coefficient (Wildman–Crippen LogP) is 4.87.